The number of nitrogens with zero attached hydrogens (tertiary/aromatic N) is 1. The van der Waals surface area contributed by atoms with Gasteiger partial charge in [-0.2, -0.15) is 0 Å². The van der Waals surface area contributed by atoms with Crippen LogP contribution in [0.1, 0.15) is 30.1 Å². The van der Waals surface area contributed by atoms with Crippen molar-refractivity contribution < 1.29 is 4.79 Å². The molecule has 18 heavy (non-hydrogen) atoms. The lowest BCUT2D eigenvalue weighted by Crippen LogP contribution is -2.32. The Morgan fingerprint density at radius 1 is 1.39 bits per heavy atom. The van der Waals surface area contributed by atoms with Gasteiger partial charge in [0.25, 0.3) is 0 Å². The minimum atomic E-state index is 0.0787. The summed E-state index contributed by atoms with van der Waals surface area (Å²) < 4.78 is 0. The number of thiocarbonyl (C=S) groups is 1. The molecule has 1 N–H and O–H groups in total. The number of ketones is 1. The van der Waals surface area contributed by atoms with E-state index in [-0.39, 0.29) is 5.78 Å². The molecule has 96 valence electrons. The van der Waals surface area contributed by atoms with Gasteiger partial charge >= 0.3 is 0 Å². The van der Waals surface area contributed by atoms with E-state index in [4.69, 9.17) is 12.2 Å². The standard InChI is InChI=1S/C14H18N2OS/c1-10(17)12-5-7-13(8-6-12)15-14(18)16(2)9-11-3-4-11/h5-8,11H,3-4,9H2,1-2H3,(H,15,18). The van der Waals surface area contributed by atoms with Crippen LogP contribution < -0.4 is 5.32 Å². The van der Waals surface area contributed by atoms with E-state index >= 15 is 0 Å². The van der Waals surface area contributed by atoms with Crippen molar-refractivity contribution in [3.63, 3.8) is 0 Å². The maximum Gasteiger partial charge on any atom is 0.173 e. The topological polar surface area (TPSA) is 32.3 Å². The first-order valence-corrected chi connectivity index (χ1v) is 6.60. The van der Waals surface area contributed by atoms with Crippen molar-refractivity contribution in [3.8, 4) is 0 Å². The van der Waals surface area contributed by atoms with E-state index in [9.17, 15) is 4.79 Å². The van der Waals surface area contributed by atoms with Gasteiger partial charge in [0.2, 0.25) is 0 Å². The molecule has 0 spiro atoms. The summed E-state index contributed by atoms with van der Waals surface area (Å²) in [4.78, 5) is 13.2. The van der Waals surface area contributed by atoms with E-state index < -0.39 is 0 Å². The van der Waals surface area contributed by atoms with Crippen molar-refractivity contribution in [2.75, 3.05) is 18.9 Å². The molecule has 1 aliphatic rings. The quantitative estimate of drug-likeness (QED) is 0.668. The molecule has 0 bridgehead atoms. The lowest BCUT2D eigenvalue weighted by Gasteiger charge is -2.20. The third-order valence-corrected chi connectivity index (χ3v) is 3.53. The number of nitrogens with one attached hydrogen (secondary N) is 1. The normalized spacial score (nSPS) is 14.1. The van der Waals surface area contributed by atoms with Crippen LogP contribution >= 0.6 is 12.2 Å². The Kier molecular flexibility index (Phi) is 3.97. The highest BCUT2D eigenvalue weighted by Crippen LogP contribution is 2.29. The fourth-order valence-electron chi connectivity index (χ4n) is 1.78. The Morgan fingerprint density at radius 2 is 2.00 bits per heavy atom. The van der Waals surface area contributed by atoms with Gasteiger partial charge in [-0.25, -0.2) is 0 Å². The molecule has 1 aromatic rings. The summed E-state index contributed by atoms with van der Waals surface area (Å²) in [6, 6.07) is 7.39. The third-order valence-electron chi connectivity index (χ3n) is 3.12. The van der Waals surface area contributed by atoms with Gasteiger partial charge in [-0.05, 0) is 62.2 Å². The first-order valence-electron chi connectivity index (χ1n) is 6.19. The molecule has 1 aliphatic carbocycles. The fraction of sp³-hybridized carbons (Fsp3) is 0.429. The Bertz CT molecular complexity index is 451. The highest BCUT2D eigenvalue weighted by atomic mass is 32.1. The lowest BCUT2D eigenvalue weighted by atomic mass is 10.1. The van der Waals surface area contributed by atoms with Crippen LogP contribution in [0.15, 0.2) is 24.3 Å². The Hall–Kier alpha value is -1.42. The van der Waals surface area contributed by atoms with Crippen LogP contribution in [0.3, 0.4) is 0 Å². The first-order chi connectivity index (χ1) is 8.56. The molecule has 0 atom stereocenters. The molecule has 3 nitrogen and oxygen atoms in total. The highest BCUT2D eigenvalue weighted by molar-refractivity contribution is 7.80. The monoisotopic (exact) mass is 262 g/mol. The predicted octanol–water partition coefficient (Wildman–Crippen LogP) is 2.93. The van der Waals surface area contributed by atoms with Crippen LogP contribution in [-0.4, -0.2) is 29.4 Å². The molecule has 0 heterocycles. The summed E-state index contributed by atoms with van der Waals surface area (Å²) in [7, 11) is 2.01. The molecule has 0 radical (unpaired) electrons. The Balaban J connectivity index is 1.91. The van der Waals surface area contributed by atoms with Crippen LogP contribution in [0, 0.1) is 5.92 Å². The smallest absolute Gasteiger partial charge is 0.173 e. The number of anilines is 1. The number of carbonyl (C=O) groups is 1. The van der Waals surface area contributed by atoms with Crippen LogP contribution in [-0.2, 0) is 0 Å². The minimum Gasteiger partial charge on any atom is -0.352 e. The summed E-state index contributed by atoms with van der Waals surface area (Å²) in [6.45, 7) is 2.59. The molecule has 0 amide bonds. The van der Waals surface area contributed by atoms with Crippen LogP contribution in [0.2, 0.25) is 0 Å². The van der Waals surface area contributed by atoms with Gasteiger partial charge in [0, 0.05) is 24.8 Å². The number of rotatable bonds is 4. The van der Waals surface area contributed by atoms with Gasteiger partial charge in [0.1, 0.15) is 0 Å². The van der Waals surface area contributed by atoms with E-state index in [1.54, 1.807) is 6.92 Å². The van der Waals surface area contributed by atoms with Gasteiger partial charge in [-0.1, -0.05) is 0 Å². The summed E-state index contributed by atoms with van der Waals surface area (Å²) in [6.07, 6.45) is 2.64. The largest absolute Gasteiger partial charge is 0.352 e. The minimum absolute atomic E-state index is 0.0787. The third kappa shape index (κ3) is 3.53. The molecule has 1 aromatic carbocycles. The van der Waals surface area contributed by atoms with Crippen molar-refractivity contribution in [3.05, 3.63) is 29.8 Å². The highest BCUT2D eigenvalue weighted by Gasteiger charge is 2.23. The van der Waals surface area contributed by atoms with Crippen LogP contribution in [0.5, 0.6) is 0 Å². The van der Waals surface area contributed by atoms with Crippen molar-refractivity contribution in [2.45, 2.75) is 19.8 Å². The molecular formula is C14H18N2OS. The van der Waals surface area contributed by atoms with Gasteiger partial charge in [-0.15, -0.1) is 0 Å². The maximum absolute atomic E-state index is 11.2. The van der Waals surface area contributed by atoms with Crippen molar-refractivity contribution >= 4 is 28.8 Å². The second kappa shape index (κ2) is 5.48. The second-order valence-corrected chi connectivity index (χ2v) is 5.27. The van der Waals surface area contributed by atoms with Gasteiger partial charge in [-0.3, -0.25) is 4.79 Å². The molecule has 0 unspecified atom stereocenters. The van der Waals surface area contributed by atoms with Gasteiger partial charge < -0.3 is 10.2 Å². The molecule has 1 fully saturated rings. The molecular weight excluding hydrogens is 244 g/mol. The average Bonchev–Trinajstić information content (AvgIpc) is 3.13. The number of hydrogen-bond donors (Lipinski definition) is 1. The zero-order valence-electron chi connectivity index (χ0n) is 10.8. The van der Waals surface area contributed by atoms with E-state index in [0.717, 1.165) is 28.8 Å². The molecule has 1 saturated carbocycles. The summed E-state index contributed by atoms with van der Waals surface area (Å²) in [5.74, 6) is 0.893. The maximum atomic E-state index is 11.2. The van der Waals surface area contributed by atoms with Crippen LogP contribution in [0.25, 0.3) is 0 Å². The van der Waals surface area contributed by atoms with E-state index in [1.807, 2.05) is 31.3 Å². The SMILES string of the molecule is CC(=O)c1ccc(NC(=S)N(C)CC2CC2)cc1. The molecule has 2 rings (SSSR count). The number of hydrogen-bond acceptors (Lipinski definition) is 2. The number of Topliss-reactive ketones (excluding diaryl/α,β-unsaturated/α-hetero) is 1. The molecule has 0 aliphatic heterocycles. The summed E-state index contributed by atoms with van der Waals surface area (Å²) in [5.41, 5.74) is 1.64. The summed E-state index contributed by atoms with van der Waals surface area (Å²) in [5, 5.41) is 3.92. The van der Waals surface area contributed by atoms with Gasteiger partial charge in [0.05, 0.1) is 0 Å². The van der Waals surface area contributed by atoms with Crippen molar-refractivity contribution in [1.82, 2.24) is 4.90 Å². The van der Waals surface area contributed by atoms with Crippen molar-refractivity contribution in [2.24, 2.45) is 5.92 Å². The number of carbonyl (C=O) groups excluding carboxylic acids is 1. The summed E-state index contributed by atoms with van der Waals surface area (Å²) >= 11 is 5.34. The van der Waals surface area contributed by atoms with Crippen LogP contribution in [0.4, 0.5) is 5.69 Å². The lowest BCUT2D eigenvalue weighted by molar-refractivity contribution is 0.101. The molecule has 0 aromatic heterocycles. The zero-order chi connectivity index (χ0) is 13.1. The Morgan fingerprint density at radius 3 is 2.50 bits per heavy atom. The number of benzene rings is 1. The molecule has 4 heteroatoms. The van der Waals surface area contributed by atoms with Crippen molar-refractivity contribution in [1.29, 1.82) is 0 Å². The average molecular weight is 262 g/mol. The first kappa shape index (κ1) is 13.0. The second-order valence-electron chi connectivity index (χ2n) is 4.89. The van der Waals surface area contributed by atoms with E-state index in [0.29, 0.717) is 0 Å². The fourth-order valence-corrected chi connectivity index (χ4v) is 1.97. The van der Waals surface area contributed by atoms with E-state index in [2.05, 4.69) is 10.2 Å². The predicted molar refractivity (Wildman–Crippen MR) is 78.0 cm³/mol. The van der Waals surface area contributed by atoms with E-state index in [1.165, 1.54) is 12.8 Å². The zero-order valence-corrected chi connectivity index (χ0v) is 11.6. The van der Waals surface area contributed by atoms with Gasteiger partial charge in [0.15, 0.2) is 10.9 Å². The Labute approximate surface area is 113 Å². The molecule has 0 saturated heterocycles.